The van der Waals surface area contributed by atoms with E-state index in [0.29, 0.717) is 5.56 Å². The number of ether oxygens (including phenoxy) is 1. The number of aromatic nitrogens is 1. The molecule has 0 unspecified atom stereocenters. The van der Waals surface area contributed by atoms with Crippen molar-refractivity contribution in [1.82, 2.24) is 4.98 Å². The molecule has 0 saturated carbocycles. The van der Waals surface area contributed by atoms with Gasteiger partial charge >= 0.3 is 6.18 Å². The summed E-state index contributed by atoms with van der Waals surface area (Å²) in [5.41, 5.74) is -0.331. The molecular weight excluding hydrogens is 361 g/mol. The Balaban J connectivity index is 2.04. The zero-order valence-corrected chi connectivity index (χ0v) is 12.9. The first-order chi connectivity index (χ1) is 12.2. The fourth-order valence-electron chi connectivity index (χ4n) is 1.89. The Kier molecular flexibility index (Phi) is 5.54. The fraction of sp³-hybridized carbons (Fsp3) is 0.214. The van der Waals surface area contributed by atoms with Crippen LogP contribution >= 0.6 is 0 Å². The Morgan fingerprint density at radius 2 is 1.85 bits per heavy atom. The molecule has 138 valence electrons. The lowest BCUT2D eigenvalue weighted by molar-refractivity contribution is -0.393. The number of alkyl halides is 3. The molecule has 1 aromatic heterocycles. The number of non-ortho nitro benzene ring substituents is 1. The van der Waals surface area contributed by atoms with Gasteiger partial charge in [0, 0.05) is 24.9 Å². The van der Waals surface area contributed by atoms with Gasteiger partial charge in [0.2, 0.25) is 5.88 Å². The van der Waals surface area contributed by atoms with E-state index in [4.69, 9.17) is 0 Å². The molecule has 0 amide bonds. The minimum absolute atomic E-state index is 0.0537. The average molecular weight is 372 g/mol. The van der Waals surface area contributed by atoms with Crippen molar-refractivity contribution in [2.24, 2.45) is 0 Å². The van der Waals surface area contributed by atoms with Crippen LogP contribution < -0.4 is 10.1 Å². The van der Waals surface area contributed by atoms with Crippen molar-refractivity contribution < 1.29 is 27.8 Å². The molecule has 0 aliphatic rings. The monoisotopic (exact) mass is 372 g/mol. The molecule has 0 spiro atoms. The van der Waals surface area contributed by atoms with Crippen molar-refractivity contribution in [2.75, 3.05) is 11.9 Å². The van der Waals surface area contributed by atoms with Crippen LogP contribution in [0.3, 0.4) is 0 Å². The number of anilines is 1. The fourth-order valence-corrected chi connectivity index (χ4v) is 1.89. The van der Waals surface area contributed by atoms with Crippen LogP contribution in [0.15, 0.2) is 36.5 Å². The van der Waals surface area contributed by atoms with Gasteiger partial charge in [-0.3, -0.25) is 20.2 Å². The quantitative estimate of drug-likeness (QED) is 0.584. The summed E-state index contributed by atoms with van der Waals surface area (Å²) in [6.45, 7) is -1.40. The Labute approximate surface area is 143 Å². The second kappa shape index (κ2) is 7.63. The maximum absolute atomic E-state index is 12.1. The smallest absolute Gasteiger partial charge is 0.422 e. The number of benzene rings is 1. The van der Waals surface area contributed by atoms with E-state index < -0.39 is 34.0 Å². The molecule has 0 fully saturated rings. The molecule has 0 aliphatic carbocycles. The third-order valence-corrected chi connectivity index (χ3v) is 3.05. The summed E-state index contributed by atoms with van der Waals surface area (Å²) in [6, 6.07) is 5.80. The standard InChI is InChI=1S/C14H11F3N4O5/c15-14(16,17)8-26-13-4-1-9(7-19-13)6-18-11-3-2-10(20(22)23)5-12(11)21(24)25/h1-5,7,18H,6,8H2. The molecule has 1 heterocycles. The van der Waals surface area contributed by atoms with Crippen LogP contribution in [0.25, 0.3) is 0 Å². The summed E-state index contributed by atoms with van der Waals surface area (Å²) < 4.78 is 40.6. The first-order valence-electron chi connectivity index (χ1n) is 6.97. The molecule has 12 heteroatoms. The highest BCUT2D eigenvalue weighted by Crippen LogP contribution is 2.29. The van der Waals surface area contributed by atoms with Crippen molar-refractivity contribution >= 4 is 17.1 Å². The zero-order chi connectivity index (χ0) is 19.3. The molecule has 0 atom stereocenters. The summed E-state index contributed by atoms with van der Waals surface area (Å²) in [5, 5.41) is 24.4. The van der Waals surface area contributed by atoms with Gasteiger partial charge in [-0.05, 0) is 11.6 Å². The van der Waals surface area contributed by atoms with E-state index in [-0.39, 0.29) is 18.1 Å². The van der Waals surface area contributed by atoms with Gasteiger partial charge in [0.15, 0.2) is 6.61 Å². The van der Waals surface area contributed by atoms with Gasteiger partial charge < -0.3 is 10.1 Å². The second-order valence-electron chi connectivity index (χ2n) is 4.98. The number of nitrogens with zero attached hydrogens (tertiary/aromatic N) is 3. The van der Waals surface area contributed by atoms with E-state index in [2.05, 4.69) is 15.0 Å². The van der Waals surface area contributed by atoms with Gasteiger partial charge in [0.05, 0.1) is 15.9 Å². The highest BCUT2D eigenvalue weighted by Gasteiger charge is 2.28. The first-order valence-corrected chi connectivity index (χ1v) is 6.97. The van der Waals surface area contributed by atoms with E-state index in [0.717, 1.165) is 12.1 Å². The van der Waals surface area contributed by atoms with Gasteiger partial charge in [-0.15, -0.1) is 0 Å². The number of nitro benzene ring substituents is 2. The van der Waals surface area contributed by atoms with Crippen LogP contribution in [-0.4, -0.2) is 27.6 Å². The van der Waals surface area contributed by atoms with Crippen LogP contribution in [0.1, 0.15) is 5.56 Å². The van der Waals surface area contributed by atoms with Crippen LogP contribution in [0, 0.1) is 20.2 Å². The van der Waals surface area contributed by atoms with Crippen molar-refractivity contribution in [3.05, 3.63) is 62.3 Å². The van der Waals surface area contributed by atoms with Crippen LogP contribution in [0.4, 0.5) is 30.2 Å². The SMILES string of the molecule is O=[N+]([O-])c1ccc(NCc2ccc(OCC(F)(F)F)nc2)c([N+](=O)[O-])c1. The van der Waals surface area contributed by atoms with Crippen molar-refractivity contribution in [3.8, 4) is 5.88 Å². The third kappa shape index (κ3) is 5.29. The van der Waals surface area contributed by atoms with Gasteiger partial charge in [0.25, 0.3) is 11.4 Å². The predicted octanol–water partition coefficient (Wildman–Crippen LogP) is 3.45. The predicted molar refractivity (Wildman–Crippen MR) is 82.9 cm³/mol. The van der Waals surface area contributed by atoms with Gasteiger partial charge in [-0.25, -0.2) is 4.98 Å². The second-order valence-corrected chi connectivity index (χ2v) is 4.98. The lowest BCUT2D eigenvalue weighted by Crippen LogP contribution is -2.19. The maximum atomic E-state index is 12.1. The van der Waals surface area contributed by atoms with Crippen LogP contribution in [0.2, 0.25) is 0 Å². The summed E-state index contributed by atoms with van der Waals surface area (Å²) in [6.07, 6.45) is -3.23. The van der Waals surface area contributed by atoms with E-state index in [1.54, 1.807) is 0 Å². The van der Waals surface area contributed by atoms with Gasteiger partial charge in [0.1, 0.15) is 5.69 Å². The Morgan fingerprint density at radius 1 is 1.12 bits per heavy atom. The average Bonchev–Trinajstić information content (AvgIpc) is 2.58. The normalized spacial score (nSPS) is 11.0. The molecule has 2 aromatic rings. The Bertz CT molecular complexity index is 811. The number of hydrogen-bond donors (Lipinski definition) is 1. The topological polar surface area (TPSA) is 120 Å². The molecule has 9 nitrogen and oxygen atoms in total. The molecule has 0 bridgehead atoms. The van der Waals surface area contributed by atoms with Gasteiger partial charge in [-0.2, -0.15) is 13.2 Å². The summed E-state index contributed by atoms with van der Waals surface area (Å²) in [5.74, 6) is -0.215. The van der Waals surface area contributed by atoms with E-state index in [9.17, 15) is 33.4 Å². The molecular formula is C14H11F3N4O5. The lowest BCUT2D eigenvalue weighted by atomic mass is 10.2. The van der Waals surface area contributed by atoms with Crippen molar-refractivity contribution in [3.63, 3.8) is 0 Å². The number of pyridine rings is 1. The summed E-state index contributed by atoms with van der Waals surface area (Å²) >= 11 is 0. The maximum Gasteiger partial charge on any atom is 0.422 e. The molecule has 0 radical (unpaired) electrons. The molecule has 0 saturated heterocycles. The Morgan fingerprint density at radius 3 is 2.38 bits per heavy atom. The van der Waals surface area contributed by atoms with Gasteiger partial charge in [-0.1, -0.05) is 6.07 Å². The largest absolute Gasteiger partial charge is 0.468 e. The molecule has 1 N–H and O–H groups in total. The van der Waals surface area contributed by atoms with Crippen LogP contribution in [-0.2, 0) is 6.54 Å². The number of rotatable bonds is 7. The van der Waals surface area contributed by atoms with E-state index in [1.807, 2.05) is 0 Å². The lowest BCUT2D eigenvalue weighted by Gasteiger charge is -2.09. The Hall–Kier alpha value is -3.44. The highest BCUT2D eigenvalue weighted by atomic mass is 19.4. The number of nitrogens with one attached hydrogen (secondary N) is 1. The van der Waals surface area contributed by atoms with Crippen LogP contribution in [0.5, 0.6) is 5.88 Å². The summed E-state index contributed by atoms with van der Waals surface area (Å²) in [7, 11) is 0. The van der Waals surface area contributed by atoms with Crippen molar-refractivity contribution in [2.45, 2.75) is 12.7 Å². The number of halogens is 3. The van der Waals surface area contributed by atoms with E-state index >= 15 is 0 Å². The summed E-state index contributed by atoms with van der Waals surface area (Å²) in [4.78, 5) is 23.9. The minimum Gasteiger partial charge on any atom is -0.468 e. The molecule has 2 rings (SSSR count). The van der Waals surface area contributed by atoms with E-state index in [1.165, 1.54) is 24.4 Å². The molecule has 0 aliphatic heterocycles. The van der Waals surface area contributed by atoms with Crippen molar-refractivity contribution in [1.29, 1.82) is 0 Å². The first kappa shape index (κ1) is 18.9. The molecule has 1 aromatic carbocycles. The number of nitro groups is 2. The highest BCUT2D eigenvalue weighted by molar-refractivity contribution is 5.65. The zero-order valence-electron chi connectivity index (χ0n) is 12.9. The number of hydrogen-bond acceptors (Lipinski definition) is 7. The third-order valence-electron chi connectivity index (χ3n) is 3.05. The molecule has 26 heavy (non-hydrogen) atoms. The minimum atomic E-state index is -4.48.